The van der Waals surface area contributed by atoms with Crippen LogP contribution in [-0.4, -0.2) is 17.9 Å². The molecule has 0 saturated heterocycles. The fraction of sp³-hybridized carbons (Fsp3) is 0.714. The van der Waals surface area contributed by atoms with Crippen molar-refractivity contribution in [3.8, 4) is 0 Å². The predicted molar refractivity (Wildman–Crippen MR) is 92.2 cm³/mol. The van der Waals surface area contributed by atoms with E-state index in [1.54, 1.807) is 6.08 Å². The zero-order valence-electron chi connectivity index (χ0n) is 15.0. The van der Waals surface area contributed by atoms with Gasteiger partial charge in [-0.25, -0.2) is 0 Å². The summed E-state index contributed by atoms with van der Waals surface area (Å²) in [5.74, 6) is 1.96. The van der Waals surface area contributed by atoms with Crippen molar-refractivity contribution in [1.29, 1.82) is 0 Å². The number of carbonyl (C=O) groups is 2. The number of ether oxygens (including phenoxy) is 1. The van der Waals surface area contributed by atoms with Crippen LogP contribution in [0, 0.1) is 28.6 Å². The lowest BCUT2D eigenvalue weighted by Gasteiger charge is -2.56. The lowest BCUT2D eigenvalue weighted by molar-refractivity contribution is -0.156. The molecule has 3 heteroatoms. The zero-order valence-corrected chi connectivity index (χ0v) is 15.0. The lowest BCUT2D eigenvalue weighted by atomic mass is 9.48. The molecule has 0 aromatic heterocycles. The summed E-state index contributed by atoms with van der Waals surface area (Å²) in [4.78, 5) is 23.3. The summed E-state index contributed by atoms with van der Waals surface area (Å²) in [6, 6.07) is 0. The van der Waals surface area contributed by atoms with Crippen LogP contribution in [0.2, 0.25) is 0 Å². The van der Waals surface area contributed by atoms with E-state index >= 15 is 0 Å². The summed E-state index contributed by atoms with van der Waals surface area (Å²) >= 11 is 0. The fourth-order valence-electron chi connectivity index (χ4n) is 6.54. The van der Waals surface area contributed by atoms with Crippen LogP contribution in [0.3, 0.4) is 0 Å². The van der Waals surface area contributed by atoms with Crippen LogP contribution >= 0.6 is 0 Å². The maximum atomic E-state index is 11.8. The van der Waals surface area contributed by atoms with Gasteiger partial charge in [0.15, 0.2) is 5.78 Å². The second-order valence-electron chi connectivity index (χ2n) is 8.82. The first-order chi connectivity index (χ1) is 11.3. The van der Waals surface area contributed by atoms with E-state index in [-0.39, 0.29) is 28.7 Å². The van der Waals surface area contributed by atoms with E-state index in [0.29, 0.717) is 17.8 Å². The van der Waals surface area contributed by atoms with Crippen molar-refractivity contribution in [1.82, 2.24) is 0 Å². The van der Waals surface area contributed by atoms with E-state index in [4.69, 9.17) is 4.74 Å². The molecule has 6 atom stereocenters. The minimum absolute atomic E-state index is 0.0533. The molecule has 3 fully saturated rings. The second-order valence-corrected chi connectivity index (χ2v) is 8.82. The maximum absolute atomic E-state index is 11.8. The van der Waals surface area contributed by atoms with Gasteiger partial charge in [0, 0.05) is 17.8 Å². The number of hydrogen-bond donors (Lipinski definition) is 0. The molecular weight excluding hydrogens is 300 g/mol. The van der Waals surface area contributed by atoms with Gasteiger partial charge in [0.1, 0.15) is 6.10 Å². The Balaban J connectivity index is 1.63. The van der Waals surface area contributed by atoms with Crippen molar-refractivity contribution in [2.75, 3.05) is 0 Å². The van der Waals surface area contributed by atoms with E-state index in [2.05, 4.69) is 19.9 Å². The minimum atomic E-state index is -0.140. The van der Waals surface area contributed by atoms with Crippen molar-refractivity contribution in [2.45, 2.75) is 65.4 Å². The normalized spacial score (nSPS) is 46.6. The Morgan fingerprint density at radius 1 is 1.17 bits per heavy atom. The summed E-state index contributed by atoms with van der Waals surface area (Å²) in [6.45, 7) is 6.22. The number of carbonyl (C=O) groups excluding carboxylic acids is 2. The van der Waals surface area contributed by atoms with E-state index in [1.165, 1.54) is 31.8 Å². The summed E-state index contributed by atoms with van der Waals surface area (Å²) < 4.78 is 5.70. The molecule has 24 heavy (non-hydrogen) atoms. The van der Waals surface area contributed by atoms with Gasteiger partial charge in [0.2, 0.25) is 0 Å². The molecule has 0 amide bonds. The fourth-order valence-corrected chi connectivity index (χ4v) is 6.54. The van der Waals surface area contributed by atoms with E-state index in [9.17, 15) is 9.59 Å². The van der Waals surface area contributed by atoms with Gasteiger partial charge >= 0.3 is 5.97 Å². The highest BCUT2D eigenvalue weighted by Gasteiger charge is 2.59. The van der Waals surface area contributed by atoms with Crippen LogP contribution < -0.4 is 0 Å². The van der Waals surface area contributed by atoms with Gasteiger partial charge in [-0.15, -0.1) is 0 Å². The summed E-state index contributed by atoms with van der Waals surface area (Å²) in [7, 11) is 0. The first-order valence-corrected chi connectivity index (χ1v) is 9.46. The van der Waals surface area contributed by atoms with E-state index < -0.39 is 0 Å². The van der Waals surface area contributed by atoms with Crippen molar-refractivity contribution in [3.05, 3.63) is 23.8 Å². The van der Waals surface area contributed by atoms with Gasteiger partial charge in [-0.1, -0.05) is 25.5 Å². The SMILES string of the molecule is CC(=O)O[C@H]1CC[C@@H]2[C@H]3CCC4=CC(=O)C=C[C@]4(C)[C@@H]3CC[C@]12C. The van der Waals surface area contributed by atoms with Gasteiger partial charge in [-0.2, -0.15) is 0 Å². The molecule has 4 aliphatic rings. The Kier molecular flexibility index (Phi) is 3.56. The van der Waals surface area contributed by atoms with Gasteiger partial charge in [-0.3, -0.25) is 9.59 Å². The van der Waals surface area contributed by atoms with Gasteiger partial charge in [-0.05, 0) is 68.4 Å². The van der Waals surface area contributed by atoms with E-state index in [1.807, 2.05) is 6.08 Å². The average Bonchev–Trinajstić information content (AvgIpc) is 2.84. The van der Waals surface area contributed by atoms with Crippen LogP contribution in [0.15, 0.2) is 23.8 Å². The third kappa shape index (κ3) is 2.16. The number of allylic oxidation sites excluding steroid dienone is 4. The van der Waals surface area contributed by atoms with Crippen LogP contribution in [0.5, 0.6) is 0 Å². The molecular formula is C21H28O3. The van der Waals surface area contributed by atoms with Crippen LogP contribution in [0.1, 0.15) is 59.3 Å². The van der Waals surface area contributed by atoms with Crippen molar-refractivity contribution >= 4 is 11.8 Å². The lowest BCUT2D eigenvalue weighted by Crippen LogP contribution is -2.50. The second kappa shape index (κ2) is 5.31. The molecule has 0 aromatic carbocycles. The highest BCUT2D eigenvalue weighted by molar-refractivity contribution is 6.01. The first kappa shape index (κ1) is 16.1. The number of rotatable bonds is 1. The Morgan fingerprint density at radius 2 is 1.96 bits per heavy atom. The highest BCUT2D eigenvalue weighted by Crippen LogP contribution is 2.64. The quantitative estimate of drug-likeness (QED) is 0.677. The third-order valence-electron chi connectivity index (χ3n) is 7.78. The number of hydrogen-bond acceptors (Lipinski definition) is 3. The van der Waals surface area contributed by atoms with Crippen molar-refractivity contribution in [2.24, 2.45) is 28.6 Å². The number of ketones is 1. The summed E-state index contributed by atoms with van der Waals surface area (Å²) in [5, 5.41) is 0. The van der Waals surface area contributed by atoms with Crippen LogP contribution in [-0.2, 0) is 14.3 Å². The Labute approximate surface area is 144 Å². The molecule has 4 aliphatic carbocycles. The molecule has 0 N–H and O–H groups in total. The standard InChI is InChI=1S/C21H28O3/c1-13(22)24-19-7-6-17-16-5-4-14-12-15(23)8-10-20(14,2)18(16)9-11-21(17,19)3/h8,10,12,16-19H,4-7,9,11H2,1-3H3/t16-,17-,18-,19+,20+,21+/m1/s1. The van der Waals surface area contributed by atoms with Crippen molar-refractivity contribution < 1.29 is 14.3 Å². The largest absolute Gasteiger partial charge is 0.462 e. The average molecular weight is 328 g/mol. The van der Waals surface area contributed by atoms with Gasteiger partial charge in [0.05, 0.1) is 0 Å². The highest BCUT2D eigenvalue weighted by atomic mass is 16.5. The topological polar surface area (TPSA) is 43.4 Å². The first-order valence-electron chi connectivity index (χ1n) is 9.46. The monoisotopic (exact) mass is 328 g/mol. The molecule has 0 radical (unpaired) electrons. The zero-order chi connectivity index (χ0) is 17.1. The molecule has 3 saturated carbocycles. The van der Waals surface area contributed by atoms with Gasteiger partial charge < -0.3 is 4.74 Å². The van der Waals surface area contributed by atoms with Crippen LogP contribution in [0.4, 0.5) is 0 Å². The molecule has 3 nitrogen and oxygen atoms in total. The maximum Gasteiger partial charge on any atom is 0.302 e. The summed E-state index contributed by atoms with van der Waals surface area (Å²) in [5.41, 5.74) is 1.53. The molecule has 0 heterocycles. The Bertz CT molecular complexity index is 645. The number of fused-ring (bicyclic) bond motifs is 5. The molecule has 0 aromatic rings. The van der Waals surface area contributed by atoms with Crippen molar-refractivity contribution in [3.63, 3.8) is 0 Å². The molecule has 0 aliphatic heterocycles. The predicted octanol–water partition coefficient (Wildman–Crippen LogP) is 4.23. The third-order valence-corrected chi connectivity index (χ3v) is 7.78. The Morgan fingerprint density at radius 3 is 2.71 bits per heavy atom. The van der Waals surface area contributed by atoms with Gasteiger partial charge in [0.25, 0.3) is 0 Å². The molecule has 0 spiro atoms. The minimum Gasteiger partial charge on any atom is -0.462 e. The molecule has 130 valence electrons. The Hall–Kier alpha value is -1.38. The molecule has 0 unspecified atom stereocenters. The molecule has 0 bridgehead atoms. The summed E-state index contributed by atoms with van der Waals surface area (Å²) in [6.07, 6.45) is 12.6. The van der Waals surface area contributed by atoms with E-state index in [0.717, 1.165) is 19.3 Å². The molecule has 4 rings (SSSR count). The number of esters is 1. The van der Waals surface area contributed by atoms with Crippen LogP contribution in [0.25, 0.3) is 0 Å². The smallest absolute Gasteiger partial charge is 0.302 e.